The van der Waals surface area contributed by atoms with Crippen molar-refractivity contribution < 1.29 is 19.1 Å². The lowest BCUT2D eigenvalue weighted by Crippen LogP contribution is -2.53. The van der Waals surface area contributed by atoms with Gasteiger partial charge in [0, 0.05) is 12.8 Å². The molecule has 7 heteroatoms. The van der Waals surface area contributed by atoms with Gasteiger partial charge in [-0.05, 0) is 31.4 Å². The summed E-state index contributed by atoms with van der Waals surface area (Å²) in [5, 5.41) is 2.92. The van der Waals surface area contributed by atoms with Crippen molar-refractivity contribution in [3.63, 3.8) is 0 Å². The van der Waals surface area contributed by atoms with Gasteiger partial charge in [-0.15, -0.1) is 0 Å². The Hall–Kier alpha value is -1.99. The average molecular weight is 319 g/mol. The maximum Gasteiger partial charge on any atom is 0.235 e. The number of pyridine rings is 1. The van der Waals surface area contributed by atoms with Crippen LogP contribution in [-0.4, -0.2) is 42.2 Å². The molecule has 2 atom stereocenters. The van der Waals surface area contributed by atoms with Crippen molar-refractivity contribution in [2.24, 2.45) is 11.1 Å². The molecule has 0 spiro atoms. The maximum absolute atomic E-state index is 12.3. The number of carbonyl (C=O) groups is 2. The van der Waals surface area contributed by atoms with Gasteiger partial charge in [-0.2, -0.15) is 0 Å². The van der Waals surface area contributed by atoms with E-state index in [2.05, 4.69) is 10.3 Å². The van der Waals surface area contributed by atoms with Crippen molar-refractivity contribution in [3.05, 3.63) is 30.1 Å². The van der Waals surface area contributed by atoms with Gasteiger partial charge in [0.2, 0.25) is 11.8 Å². The maximum atomic E-state index is 12.3. The molecule has 0 unspecified atom stereocenters. The SMILES string of the molecule is NC(=O)C1(C(=O)N[C@@H]2CCOC[C@H]2OCc2ccccn2)CC1. The second kappa shape index (κ2) is 6.64. The average Bonchev–Trinajstić information content (AvgIpc) is 3.37. The number of hydrogen-bond donors (Lipinski definition) is 2. The monoisotopic (exact) mass is 319 g/mol. The van der Waals surface area contributed by atoms with Crippen LogP contribution in [0.25, 0.3) is 0 Å². The van der Waals surface area contributed by atoms with Crippen LogP contribution in [0.15, 0.2) is 24.4 Å². The first-order valence-electron chi connectivity index (χ1n) is 7.82. The fourth-order valence-corrected chi connectivity index (χ4v) is 2.73. The normalized spacial score (nSPS) is 25.6. The number of carbonyl (C=O) groups excluding carboxylic acids is 2. The summed E-state index contributed by atoms with van der Waals surface area (Å²) in [7, 11) is 0. The smallest absolute Gasteiger partial charge is 0.235 e. The molecule has 2 amide bonds. The number of primary amides is 1. The van der Waals surface area contributed by atoms with Crippen molar-refractivity contribution in [1.82, 2.24) is 10.3 Å². The number of nitrogens with zero attached hydrogens (tertiary/aromatic N) is 1. The zero-order chi connectivity index (χ0) is 16.3. The molecule has 124 valence electrons. The summed E-state index contributed by atoms with van der Waals surface area (Å²) in [5.74, 6) is -0.837. The number of aromatic nitrogens is 1. The van der Waals surface area contributed by atoms with Crippen LogP contribution in [0.5, 0.6) is 0 Å². The largest absolute Gasteiger partial charge is 0.379 e. The van der Waals surface area contributed by atoms with Crippen LogP contribution in [0.2, 0.25) is 0 Å². The Morgan fingerprint density at radius 1 is 1.43 bits per heavy atom. The molecule has 3 N–H and O–H groups in total. The quantitative estimate of drug-likeness (QED) is 0.726. The Morgan fingerprint density at radius 3 is 2.91 bits per heavy atom. The molecular weight excluding hydrogens is 298 g/mol. The molecule has 7 nitrogen and oxygen atoms in total. The number of nitrogens with two attached hydrogens (primary N) is 1. The molecule has 2 heterocycles. The minimum absolute atomic E-state index is 0.184. The summed E-state index contributed by atoms with van der Waals surface area (Å²) in [4.78, 5) is 28.0. The molecule has 1 aliphatic heterocycles. The van der Waals surface area contributed by atoms with E-state index in [0.717, 1.165) is 5.69 Å². The third-order valence-electron chi connectivity index (χ3n) is 4.45. The van der Waals surface area contributed by atoms with Crippen molar-refractivity contribution in [2.45, 2.75) is 38.0 Å². The molecule has 1 saturated heterocycles. The first kappa shape index (κ1) is 15.9. The molecular formula is C16H21N3O4. The van der Waals surface area contributed by atoms with E-state index in [1.807, 2.05) is 18.2 Å². The van der Waals surface area contributed by atoms with Crippen molar-refractivity contribution in [1.29, 1.82) is 0 Å². The Balaban J connectivity index is 1.58. The lowest BCUT2D eigenvalue weighted by atomic mass is 10.0. The lowest BCUT2D eigenvalue weighted by Gasteiger charge is -2.32. The van der Waals surface area contributed by atoms with Gasteiger partial charge in [-0.3, -0.25) is 14.6 Å². The van der Waals surface area contributed by atoms with Gasteiger partial charge >= 0.3 is 0 Å². The third kappa shape index (κ3) is 3.51. The zero-order valence-electron chi connectivity index (χ0n) is 12.9. The van der Waals surface area contributed by atoms with Crippen LogP contribution in [0, 0.1) is 5.41 Å². The van der Waals surface area contributed by atoms with Gasteiger partial charge in [0.25, 0.3) is 0 Å². The van der Waals surface area contributed by atoms with Gasteiger partial charge in [0.1, 0.15) is 11.5 Å². The fraction of sp³-hybridized carbons (Fsp3) is 0.562. The standard InChI is InChI=1S/C16H21N3O4/c17-14(20)16(5-6-16)15(21)19-12-4-8-22-10-13(12)23-9-11-3-1-2-7-18-11/h1-3,7,12-13H,4-6,8-10H2,(H2,17,20)(H,19,21)/t12-,13-/m1/s1. The Kier molecular flexibility index (Phi) is 4.58. The highest BCUT2D eigenvalue weighted by atomic mass is 16.5. The van der Waals surface area contributed by atoms with Crippen LogP contribution in [0.3, 0.4) is 0 Å². The van der Waals surface area contributed by atoms with E-state index in [1.165, 1.54) is 0 Å². The van der Waals surface area contributed by atoms with Crippen LogP contribution >= 0.6 is 0 Å². The summed E-state index contributed by atoms with van der Waals surface area (Å²) in [6, 6.07) is 5.43. The second-order valence-corrected chi connectivity index (χ2v) is 6.06. The molecule has 1 saturated carbocycles. The fourth-order valence-electron chi connectivity index (χ4n) is 2.73. The Bertz CT molecular complexity index is 574. The van der Waals surface area contributed by atoms with E-state index in [1.54, 1.807) is 6.20 Å². The van der Waals surface area contributed by atoms with E-state index in [4.69, 9.17) is 15.2 Å². The minimum atomic E-state index is -1.01. The molecule has 0 aromatic carbocycles. The van der Waals surface area contributed by atoms with Gasteiger partial charge < -0.3 is 20.5 Å². The van der Waals surface area contributed by atoms with E-state index >= 15 is 0 Å². The summed E-state index contributed by atoms with van der Waals surface area (Å²) in [6.07, 6.45) is 3.14. The summed E-state index contributed by atoms with van der Waals surface area (Å²) >= 11 is 0. The predicted octanol–water partition coefficient (Wildman–Crippen LogP) is 0.137. The highest BCUT2D eigenvalue weighted by Gasteiger charge is 2.56. The Morgan fingerprint density at radius 2 is 2.26 bits per heavy atom. The number of rotatable bonds is 6. The molecule has 2 aliphatic rings. The van der Waals surface area contributed by atoms with Crippen molar-refractivity contribution in [2.75, 3.05) is 13.2 Å². The number of nitrogens with one attached hydrogen (secondary N) is 1. The summed E-state index contributed by atoms with van der Waals surface area (Å²) < 4.78 is 11.3. The van der Waals surface area contributed by atoms with Crippen LogP contribution in [0.4, 0.5) is 0 Å². The van der Waals surface area contributed by atoms with Crippen LogP contribution < -0.4 is 11.1 Å². The molecule has 3 rings (SSSR count). The number of ether oxygens (including phenoxy) is 2. The molecule has 0 bridgehead atoms. The Labute approximate surface area is 134 Å². The van der Waals surface area contributed by atoms with Gasteiger partial charge in [-0.1, -0.05) is 6.07 Å². The van der Waals surface area contributed by atoms with E-state index in [9.17, 15) is 9.59 Å². The molecule has 1 aromatic rings. The van der Waals surface area contributed by atoms with Gasteiger partial charge in [0.15, 0.2) is 0 Å². The van der Waals surface area contributed by atoms with E-state index in [-0.39, 0.29) is 18.1 Å². The molecule has 2 fully saturated rings. The van der Waals surface area contributed by atoms with Gasteiger partial charge in [0.05, 0.1) is 24.9 Å². The van der Waals surface area contributed by atoms with E-state index in [0.29, 0.717) is 39.1 Å². The molecule has 0 radical (unpaired) electrons. The predicted molar refractivity (Wildman–Crippen MR) is 81.0 cm³/mol. The van der Waals surface area contributed by atoms with Crippen molar-refractivity contribution in [3.8, 4) is 0 Å². The number of hydrogen-bond acceptors (Lipinski definition) is 5. The topological polar surface area (TPSA) is 104 Å². The first-order valence-corrected chi connectivity index (χ1v) is 7.82. The zero-order valence-corrected chi connectivity index (χ0v) is 12.9. The second-order valence-electron chi connectivity index (χ2n) is 6.06. The lowest BCUT2D eigenvalue weighted by molar-refractivity contribution is -0.138. The molecule has 23 heavy (non-hydrogen) atoms. The summed E-state index contributed by atoms with van der Waals surface area (Å²) in [5.41, 5.74) is 5.15. The highest BCUT2D eigenvalue weighted by molar-refractivity contribution is 6.07. The highest BCUT2D eigenvalue weighted by Crippen LogP contribution is 2.45. The summed E-state index contributed by atoms with van der Waals surface area (Å²) in [6.45, 7) is 1.31. The minimum Gasteiger partial charge on any atom is -0.379 e. The molecule has 1 aromatic heterocycles. The van der Waals surface area contributed by atoms with Crippen LogP contribution in [0.1, 0.15) is 25.0 Å². The van der Waals surface area contributed by atoms with E-state index < -0.39 is 11.3 Å². The van der Waals surface area contributed by atoms with Crippen LogP contribution in [-0.2, 0) is 25.7 Å². The third-order valence-corrected chi connectivity index (χ3v) is 4.45. The first-order chi connectivity index (χ1) is 11.1. The number of amides is 2. The van der Waals surface area contributed by atoms with Crippen molar-refractivity contribution >= 4 is 11.8 Å². The molecule has 1 aliphatic carbocycles. The van der Waals surface area contributed by atoms with Gasteiger partial charge in [-0.25, -0.2) is 0 Å².